The molecule has 0 unspecified atom stereocenters. The Kier molecular flexibility index (Phi) is 7.37. The molecule has 11 heteroatoms. The Morgan fingerprint density at radius 1 is 1.31 bits per heavy atom. The van der Waals surface area contributed by atoms with Crippen LogP contribution in [0, 0.1) is 5.82 Å². The summed E-state index contributed by atoms with van der Waals surface area (Å²) in [5.41, 5.74) is 1.02. The third-order valence-corrected chi connectivity index (χ3v) is 5.27. The molecule has 2 heterocycles. The monoisotopic (exact) mass is 473 g/mol. The highest BCUT2D eigenvalue weighted by Crippen LogP contribution is 2.29. The van der Waals surface area contributed by atoms with Crippen LogP contribution in [0.4, 0.5) is 28.0 Å². The van der Waals surface area contributed by atoms with E-state index in [0.717, 1.165) is 6.07 Å². The number of alkyl halides is 3. The maximum absolute atomic E-state index is 14.4. The van der Waals surface area contributed by atoms with Gasteiger partial charge in [0.05, 0.1) is 13.0 Å². The highest BCUT2D eigenvalue weighted by Gasteiger charge is 2.29. The summed E-state index contributed by atoms with van der Waals surface area (Å²) in [7, 11) is 0. The molecule has 32 heavy (non-hydrogen) atoms. The van der Waals surface area contributed by atoms with E-state index in [0.29, 0.717) is 12.0 Å². The molecule has 1 aromatic heterocycles. The van der Waals surface area contributed by atoms with Crippen molar-refractivity contribution in [2.75, 3.05) is 25.0 Å². The minimum Gasteiger partial charge on any atom is -0.393 e. The van der Waals surface area contributed by atoms with E-state index in [-0.39, 0.29) is 40.6 Å². The first-order valence-electron chi connectivity index (χ1n) is 9.62. The summed E-state index contributed by atoms with van der Waals surface area (Å²) < 4.78 is 52.0. The van der Waals surface area contributed by atoms with E-state index < -0.39 is 37.2 Å². The quantitative estimate of drug-likeness (QED) is 0.564. The number of anilines is 1. The van der Waals surface area contributed by atoms with Crippen molar-refractivity contribution in [1.29, 1.82) is 0 Å². The lowest BCUT2D eigenvalue weighted by Crippen LogP contribution is -2.38. The summed E-state index contributed by atoms with van der Waals surface area (Å²) in [6.07, 6.45) is -3.52. The maximum atomic E-state index is 14.4. The largest absolute Gasteiger partial charge is 0.393 e. The molecule has 1 atom stereocenters. The highest BCUT2D eigenvalue weighted by atomic mass is 35.5. The Labute approximate surface area is 186 Å². The van der Waals surface area contributed by atoms with Gasteiger partial charge in [-0.05, 0) is 35.8 Å². The fourth-order valence-electron chi connectivity index (χ4n) is 3.23. The van der Waals surface area contributed by atoms with Crippen molar-refractivity contribution in [2.45, 2.75) is 25.1 Å². The molecule has 0 radical (unpaired) electrons. The molecule has 1 aliphatic heterocycles. The van der Waals surface area contributed by atoms with E-state index in [1.54, 1.807) is 6.08 Å². The van der Waals surface area contributed by atoms with Gasteiger partial charge in [-0.2, -0.15) is 13.2 Å². The van der Waals surface area contributed by atoms with Crippen LogP contribution in [0.3, 0.4) is 0 Å². The van der Waals surface area contributed by atoms with Gasteiger partial charge in [-0.3, -0.25) is 4.98 Å². The molecule has 0 saturated heterocycles. The van der Waals surface area contributed by atoms with Crippen molar-refractivity contribution in [2.24, 2.45) is 0 Å². The molecule has 1 aromatic carbocycles. The number of carbonyl (C=O) groups is 1. The fraction of sp³-hybridized carbons (Fsp3) is 0.333. The molecule has 6 nitrogen and oxygen atoms in total. The number of aliphatic hydroxyl groups is 2. The second-order valence-corrected chi connectivity index (χ2v) is 7.66. The van der Waals surface area contributed by atoms with Crippen LogP contribution in [0.15, 0.2) is 36.5 Å². The summed E-state index contributed by atoms with van der Waals surface area (Å²) in [4.78, 5) is 17.9. The third-order valence-electron chi connectivity index (χ3n) is 4.92. The minimum atomic E-state index is -4.39. The third kappa shape index (κ3) is 5.96. The van der Waals surface area contributed by atoms with Crippen molar-refractivity contribution in [1.82, 2.24) is 9.88 Å². The van der Waals surface area contributed by atoms with Gasteiger partial charge in [0.1, 0.15) is 17.6 Å². The van der Waals surface area contributed by atoms with Gasteiger partial charge < -0.3 is 20.4 Å². The molecular formula is C21H20ClF4N3O3. The molecule has 2 aromatic rings. The first-order chi connectivity index (χ1) is 15.1. The second-order valence-electron chi connectivity index (χ2n) is 7.25. The Morgan fingerprint density at radius 3 is 2.62 bits per heavy atom. The van der Waals surface area contributed by atoms with Crippen LogP contribution in [-0.2, 0) is 6.42 Å². The lowest BCUT2D eigenvalue weighted by Gasteiger charge is -2.27. The van der Waals surface area contributed by atoms with E-state index in [4.69, 9.17) is 16.7 Å². The lowest BCUT2D eigenvalue weighted by atomic mass is 10.0. The van der Waals surface area contributed by atoms with Gasteiger partial charge in [0.15, 0.2) is 0 Å². The number of hydrogen-bond donors (Lipinski definition) is 3. The van der Waals surface area contributed by atoms with Gasteiger partial charge >= 0.3 is 12.2 Å². The summed E-state index contributed by atoms with van der Waals surface area (Å²) in [6, 6.07) is 4.45. The fourth-order valence-corrected chi connectivity index (χ4v) is 3.48. The average molecular weight is 474 g/mol. The molecule has 0 saturated carbocycles. The summed E-state index contributed by atoms with van der Waals surface area (Å²) in [6.45, 7) is -0.119. The molecule has 3 rings (SSSR count). The zero-order chi connectivity index (χ0) is 23.5. The lowest BCUT2D eigenvalue weighted by molar-refractivity contribution is -0.127. The number of hydrogen-bond acceptors (Lipinski definition) is 4. The van der Waals surface area contributed by atoms with Crippen LogP contribution in [0.1, 0.15) is 29.3 Å². The van der Waals surface area contributed by atoms with Gasteiger partial charge in [0, 0.05) is 35.6 Å². The van der Waals surface area contributed by atoms with Crippen LogP contribution in [-0.4, -0.2) is 52.0 Å². The number of nitrogens with one attached hydrogen (secondary N) is 1. The van der Waals surface area contributed by atoms with Crippen LogP contribution in [0.2, 0.25) is 5.02 Å². The Bertz CT molecular complexity index is 1030. The van der Waals surface area contributed by atoms with Gasteiger partial charge in [-0.1, -0.05) is 23.7 Å². The van der Waals surface area contributed by atoms with Crippen molar-refractivity contribution in [3.63, 3.8) is 0 Å². The predicted octanol–water partition coefficient (Wildman–Crippen LogP) is 4.33. The Balaban J connectivity index is 1.63. The summed E-state index contributed by atoms with van der Waals surface area (Å²) >= 11 is 5.90. The number of halogens is 5. The number of nitrogens with zero attached hydrogens (tertiary/aromatic N) is 2. The van der Waals surface area contributed by atoms with Crippen molar-refractivity contribution < 1.29 is 32.6 Å². The molecule has 3 N–H and O–H groups in total. The normalized spacial score (nSPS) is 15.3. The number of carbonyl (C=O) groups excluding carboxylic acids is 1. The topological polar surface area (TPSA) is 85.7 Å². The molecule has 0 aliphatic carbocycles. The van der Waals surface area contributed by atoms with Crippen LogP contribution >= 0.6 is 11.6 Å². The number of pyridine rings is 1. The Hall–Kier alpha value is -2.69. The van der Waals surface area contributed by atoms with Crippen molar-refractivity contribution >= 4 is 28.9 Å². The number of aromatic nitrogens is 1. The smallest absolute Gasteiger partial charge is 0.393 e. The molecule has 0 fully saturated rings. The van der Waals surface area contributed by atoms with Crippen molar-refractivity contribution in [3.05, 3.63) is 64.2 Å². The van der Waals surface area contributed by atoms with Gasteiger partial charge in [-0.15, -0.1) is 0 Å². The summed E-state index contributed by atoms with van der Waals surface area (Å²) in [5, 5.41) is 21.0. The minimum absolute atomic E-state index is 0.0882. The van der Waals surface area contributed by atoms with Crippen LogP contribution < -0.4 is 5.32 Å². The number of rotatable bonds is 5. The van der Waals surface area contributed by atoms with E-state index in [1.165, 1.54) is 29.3 Å². The molecule has 0 bridgehead atoms. The number of amides is 2. The zero-order valence-electron chi connectivity index (χ0n) is 16.7. The predicted molar refractivity (Wildman–Crippen MR) is 111 cm³/mol. The van der Waals surface area contributed by atoms with E-state index in [2.05, 4.69) is 10.3 Å². The van der Waals surface area contributed by atoms with Gasteiger partial charge in [0.25, 0.3) is 0 Å². The van der Waals surface area contributed by atoms with E-state index in [9.17, 15) is 27.5 Å². The van der Waals surface area contributed by atoms with E-state index in [1.807, 2.05) is 0 Å². The molecule has 0 spiro atoms. The van der Waals surface area contributed by atoms with Gasteiger partial charge in [0.2, 0.25) is 0 Å². The first-order valence-corrected chi connectivity index (χ1v) is 10.00. The maximum Gasteiger partial charge on any atom is 0.393 e. The zero-order valence-corrected chi connectivity index (χ0v) is 17.4. The Morgan fingerprint density at radius 2 is 2.06 bits per heavy atom. The van der Waals surface area contributed by atoms with Crippen LogP contribution in [0.5, 0.6) is 0 Å². The standard InChI is InChI=1S/C21H20ClF4N3O3/c22-16-8-15(2-1-13(16)9-21(24,25)26)28-20(32)29-5-3-12(4-6-29)19-17(23)7-14(10-27-19)18(31)11-30/h1-3,7-8,10,18,30-31H,4-6,9,11H2,(H,28,32)/t18-/m1/s1. The number of benzene rings is 1. The number of aliphatic hydroxyl groups excluding tert-OH is 2. The summed E-state index contributed by atoms with van der Waals surface area (Å²) in [5.74, 6) is -0.646. The average Bonchev–Trinajstić information content (AvgIpc) is 2.74. The van der Waals surface area contributed by atoms with E-state index >= 15 is 0 Å². The SMILES string of the molecule is O=C(Nc1ccc(CC(F)(F)F)c(Cl)c1)N1CC=C(c2ncc([C@H](O)CO)cc2F)CC1. The van der Waals surface area contributed by atoms with Crippen molar-refractivity contribution in [3.8, 4) is 0 Å². The molecule has 172 valence electrons. The molecule has 1 aliphatic rings. The van der Waals surface area contributed by atoms with Gasteiger partial charge in [-0.25, -0.2) is 9.18 Å². The van der Waals surface area contributed by atoms with Crippen LogP contribution in [0.25, 0.3) is 5.57 Å². The first kappa shape index (κ1) is 24.0. The number of urea groups is 1. The molecule has 2 amide bonds. The molecular weight excluding hydrogens is 454 g/mol. The second kappa shape index (κ2) is 9.85. The highest BCUT2D eigenvalue weighted by molar-refractivity contribution is 6.31.